The topological polar surface area (TPSA) is 132 Å². The van der Waals surface area contributed by atoms with Crippen LogP contribution < -0.4 is 11.1 Å². The molecule has 8 nitrogen and oxygen atoms in total. The van der Waals surface area contributed by atoms with Gasteiger partial charge in [0, 0.05) is 28.3 Å². The van der Waals surface area contributed by atoms with Crippen molar-refractivity contribution < 1.29 is 18.7 Å². The zero-order valence-corrected chi connectivity index (χ0v) is 14.5. The van der Waals surface area contributed by atoms with E-state index in [2.05, 4.69) is 5.32 Å². The highest BCUT2D eigenvalue weighted by molar-refractivity contribution is 7.85. The van der Waals surface area contributed by atoms with Crippen LogP contribution in [0, 0.1) is 10.1 Å². The Labute approximate surface area is 152 Å². The first-order chi connectivity index (χ1) is 12.4. The van der Waals surface area contributed by atoms with Crippen molar-refractivity contribution in [3.8, 4) is 0 Å². The number of hydrogen-bond donors (Lipinski definition) is 2. The van der Waals surface area contributed by atoms with Crippen molar-refractivity contribution in [3.05, 3.63) is 70.3 Å². The second-order valence-electron chi connectivity index (χ2n) is 5.39. The molecule has 0 aliphatic rings. The standard InChI is InChI=1S/C17H17N3O5S/c18-16(21)15(9-10-26(25)14-7-2-1-3-8-14)19-17(22)12-5-4-6-13(11-12)20(23)24/h1-8,11,15H,9-10H2,(H2,18,21)(H,19,22)/t15-,26-/m0/s1. The van der Waals surface area contributed by atoms with Gasteiger partial charge in [-0.2, -0.15) is 0 Å². The van der Waals surface area contributed by atoms with Gasteiger partial charge in [0.2, 0.25) is 5.91 Å². The van der Waals surface area contributed by atoms with Gasteiger partial charge in [0.05, 0.1) is 15.7 Å². The molecule has 0 unspecified atom stereocenters. The number of nitro groups is 1. The van der Waals surface area contributed by atoms with E-state index in [4.69, 9.17) is 5.73 Å². The van der Waals surface area contributed by atoms with Crippen molar-refractivity contribution in [2.75, 3.05) is 5.75 Å². The minimum absolute atomic E-state index is 0.0367. The Balaban J connectivity index is 2.02. The molecule has 0 fully saturated rings. The molecule has 0 radical (unpaired) electrons. The van der Waals surface area contributed by atoms with Crippen molar-refractivity contribution in [1.82, 2.24) is 5.32 Å². The first-order valence-electron chi connectivity index (χ1n) is 7.66. The Morgan fingerprint density at radius 1 is 1.15 bits per heavy atom. The number of nitrogens with zero attached hydrogens (tertiary/aromatic N) is 1. The molecule has 0 heterocycles. The number of nitrogens with two attached hydrogens (primary N) is 1. The van der Waals surface area contributed by atoms with Crippen LogP contribution in [0.5, 0.6) is 0 Å². The Morgan fingerprint density at radius 3 is 2.46 bits per heavy atom. The van der Waals surface area contributed by atoms with E-state index in [9.17, 15) is 23.9 Å². The van der Waals surface area contributed by atoms with Gasteiger partial charge in [-0.05, 0) is 24.6 Å². The molecule has 3 N–H and O–H groups in total. The molecule has 2 rings (SSSR count). The maximum Gasteiger partial charge on any atom is 0.270 e. The summed E-state index contributed by atoms with van der Waals surface area (Å²) in [5.74, 6) is -1.30. The SMILES string of the molecule is NC(=O)[C@H](CC[S@](=O)c1ccccc1)NC(=O)c1cccc([N+](=O)[O-])c1. The number of primary amides is 1. The van der Waals surface area contributed by atoms with Crippen LogP contribution in [0.2, 0.25) is 0 Å². The van der Waals surface area contributed by atoms with E-state index in [1.807, 2.05) is 0 Å². The Morgan fingerprint density at radius 2 is 1.85 bits per heavy atom. The summed E-state index contributed by atoms with van der Waals surface area (Å²) >= 11 is 0. The number of nitrogens with one attached hydrogen (secondary N) is 1. The highest BCUT2D eigenvalue weighted by Gasteiger charge is 2.21. The fourth-order valence-electron chi connectivity index (χ4n) is 2.20. The first-order valence-corrected chi connectivity index (χ1v) is 8.98. The summed E-state index contributed by atoms with van der Waals surface area (Å²) in [6.07, 6.45) is 0.0809. The molecule has 136 valence electrons. The molecule has 9 heteroatoms. The van der Waals surface area contributed by atoms with Crippen LogP contribution in [-0.4, -0.2) is 32.7 Å². The molecule has 2 aromatic carbocycles. The van der Waals surface area contributed by atoms with E-state index >= 15 is 0 Å². The minimum atomic E-state index is -1.34. The summed E-state index contributed by atoms with van der Waals surface area (Å²) < 4.78 is 12.2. The molecule has 26 heavy (non-hydrogen) atoms. The van der Waals surface area contributed by atoms with Gasteiger partial charge in [0.15, 0.2) is 0 Å². The van der Waals surface area contributed by atoms with Crippen LogP contribution >= 0.6 is 0 Å². The molecule has 2 amide bonds. The lowest BCUT2D eigenvalue weighted by Crippen LogP contribution is -2.45. The fourth-order valence-corrected chi connectivity index (χ4v) is 3.35. The maximum atomic E-state index is 12.2. The average Bonchev–Trinajstić information content (AvgIpc) is 2.65. The summed E-state index contributed by atoms with van der Waals surface area (Å²) in [6.45, 7) is 0. The van der Waals surface area contributed by atoms with Crippen LogP contribution in [0.1, 0.15) is 16.8 Å². The summed E-state index contributed by atoms with van der Waals surface area (Å²) in [6, 6.07) is 12.8. The van der Waals surface area contributed by atoms with Crippen LogP contribution in [0.15, 0.2) is 59.5 Å². The summed E-state index contributed by atoms with van der Waals surface area (Å²) in [4.78, 5) is 34.6. The lowest BCUT2D eigenvalue weighted by Gasteiger charge is -2.15. The summed E-state index contributed by atoms with van der Waals surface area (Å²) in [7, 11) is -1.34. The first kappa shape index (κ1) is 19.3. The largest absolute Gasteiger partial charge is 0.368 e. The number of benzene rings is 2. The zero-order valence-electron chi connectivity index (χ0n) is 13.7. The highest BCUT2D eigenvalue weighted by Crippen LogP contribution is 2.13. The second kappa shape index (κ2) is 8.86. The monoisotopic (exact) mass is 375 g/mol. The highest BCUT2D eigenvalue weighted by atomic mass is 32.2. The zero-order chi connectivity index (χ0) is 19.1. The molecule has 0 aliphatic heterocycles. The van der Waals surface area contributed by atoms with Gasteiger partial charge in [0.25, 0.3) is 11.6 Å². The van der Waals surface area contributed by atoms with Crippen molar-refractivity contribution in [3.63, 3.8) is 0 Å². The van der Waals surface area contributed by atoms with Crippen molar-refractivity contribution >= 4 is 28.3 Å². The lowest BCUT2D eigenvalue weighted by molar-refractivity contribution is -0.384. The predicted octanol–water partition coefficient (Wildman–Crippen LogP) is 1.38. The van der Waals surface area contributed by atoms with Crippen LogP contribution in [0.25, 0.3) is 0 Å². The Bertz CT molecular complexity index is 841. The van der Waals surface area contributed by atoms with Gasteiger partial charge in [-0.1, -0.05) is 24.3 Å². The number of amides is 2. The Hall–Kier alpha value is -3.07. The number of non-ortho nitro benzene ring substituents is 1. The molecule has 2 atom stereocenters. The number of carbonyl (C=O) groups is 2. The summed E-state index contributed by atoms with van der Waals surface area (Å²) in [5, 5.41) is 13.2. The average molecular weight is 375 g/mol. The molecule has 0 aromatic heterocycles. The Kier molecular flexibility index (Phi) is 6.56. The van der Waals surface area contributed by atoms with Gasteiger partial charge >= 0.3 is 0 Å². The molecule has 0 aliphatic carbocycles. The van der Waals surface area contributed by atoms with Gasteiger partial charge in [-0.15, -0.1) is 0 Å². The second-order valence-corrected chi connectivity index (χ2v) is 6.96. The van der Waals surface area contributed by atoms with E-state index in [1.54, 1.807) is 30.3 Å². The van der Waals surface area contributed by atoms with Gasteiger partial charge < -0.3 is 11.1 Å². The molecule has 0 bridgehead atoms. The number of nitro benzene ring substituents is 1. The van der Waals surface area contributed by atoms with E-state index < -0.39 is 33.6 Å². The normalized spacial score (nSPS) is 12.8. The quantitative estimate of drug-likeness (QED) is 0.531. The molecular formula is C17H17N3O5S. The number of hydrogen-bond acceptors (Lipinski definition) is 5. The maximum absolute atomic E-state index is 12.2. The van der Waals surface area contributed by atoms with Crippen LogP contribution in [0.4, 0.5) is 5.69 Å². The van der Waals surface area contributed by atoms with Crippen LogP contribution in [-0.2, 0) is 15.6 Å². The van der Waals surface area contributed by atoms with Crippen molar-refractivity contribution in [1.29, 1.82) is 0 Å². The minimum Gasteiger partial charge on any atom is -0.368 e. The third kappa shape index (κ3) is 5.21. The van der Waals surface area contributed by atoms with Crippen molar-refractivity contribution in [2.24, 2.45) is 5.73 Å². The smallest absolute Gasteiger partial charge is 0.270 e. The number of carbonyl (C=O) groups excluding carboxylic acids is 2. The molecule has 0 saturated carbocycles. The summed E-state index contributed by atoms with van der Waals surface area (Å²) in [5.41, 5.74) is 5.10. The fraction of sp³-hybridized carbons (Fsp3) is 0.176. The van der Waals surface area contributed by atoms with Crippen LogP contribution in [0.3, 0.4) is 0 Å². The van der Waals surface area contributed by atoms with E-state index in [0.717, 1.165) is 6.07 Å². The molecule has 0 spiro atoms. The van der Waals surface area contributed by atoms with Gasteiger partial charge in [-0.3, -0.25) is 23.9 Å². The van der Waals surface area contributed by atoms with E-state index in [1.165, 1.54) is 18.2 Å². The van der Waals surface area contributed by atoms with Crippen molar-refractivity contribution in [2.45, 2.75) is 17.4 Å². The number of rotatable bonds is 8. The molecule has 2 aromatic rings. The van der Waals surface area contributed by atoms with E-state index in [-0.39, 0.29) is 23.4 Å². The van der Waals surface area contributed by atoms with Gasteiger partial charge in [-0.25, -0.2) is 0 Å². The molecule has 0 saturated heterocycles. The third-order valence-corrected chi connectivity index (χ3v) is 4.97. The molecular weight excluding hydrogens is 358 g/mol. The van der Waals surface area contributed by atoms with Gasteiger partial charge in [0.1, 0.15) is 6.04 Å². The third-order valence-electron chi connectivity index (χ3n) is 3.57. The van der Waals surface area contributed by atoms with E-state index in [0.29, 0.717) is 4.90 Å². The lowest BCUT2D eigenvalue weighted by atomic mass is 10.1. The predicted molar refractivity (Wildman–Crippen MR) is 95.9 cm³/mol.